The van der Waals surface area contributed by atoms with Gasteiger partial charge in [-0.1, -0.05) is 6.92 Å². The number of nitrogens with zero attached hydrogens (tertiary/aromatic N) is 1. The summed E-state index contributed by atoms with van der Waals surface area (Å²) in [5, 5.41) is 0. The fourth-order valence-electron chi connectivity index (χ4n) is 2.32. The van der Waals surface area contributed by atoms with E-state index in [1.165, 1.54) is 18.2 Å². The Morgan fingerprint density at radius 1 is 1.42 bits per heavy atom. The zero-order chi connectivity index (χ0) is 14.2. The summed E-state index contributed by atoms with van der Waals surface area (Å²) in [5.41, 5.74) is 1.17. The number of halogens is 1. The smallest absolute Gasteiger partial charge is 0.261 e. The topological polar surface area (TPSA) is 54.5 Å². The van der Waals surface area contributed by atoms with Crippen molar-refractivity contribution in [2.75, 3.05) is 13.1 Å². The van der Waals surface area contributed by atoms with Gasteiger partial charge in [-0.2, -0.15) is 0 Å². The number of hydrogen-bond donors (Lipinski definition) is 0. The Bertz CT molecular complexity index is 612. The molecule has 1 aliphatic rings. The molecule has 0 radical (unpaired) electrons. The molecule has 6 heteroatoms. The second-order valence-corrected chi connectivity index (χ2v) is 7.63. The van der Waals surface area contributed by atoms with Crippen LogP contribution in [0.3, 0.4) is 0 Å². The van der Waals surface area contributed by atoms with Crippen molar-refractivity contribution in [2.45, 2.75) is 25.2 Å². The SMILES string of the molecule is Cc1cc(S(=O)(=O)Cl)ccc1C(=O)N1CCC(C)C1. The average Bonchev–Trinajstić information content (AvgIpc) is 2.73. The van der Waals surface area contributed by atoms with Gasteiger partial charge in [0.05, 0.1) is 4.90 Å². The Balaban J connectivity index is 2.29. The first kappa shape index (κ1) is 14.3. The molecule has 0 N–H and O–H groups in total. The highest BCUT2D eigenvalue weighted by atomic mass is 35.7. The first-order valence-electron chi connectivity index (χ1n) is 6.13. The van der Waals surface area contributed by atoms with Gasteiger partial charge in [-0.15, -0.1) is 0 Å². The van der Waals surface area contributed by atoms with E-state index in [9.17, 15) is 13.2 Å². The van der Waals surface area contributed by atoms with E-state index < -0.39 is 9.05 Å². The maximum absolute atomic E-state index is 12.3. The number of hydrogen-bond acceptors (Lipinski definition) is 3. The summed E-state index contributed by atoms with van der Waals surface area (Å²) >= 11 is 0. The number of amides is 1. The fraction of sp³-hybridized carbons (Fsp3) is 0.462. The third kappa shape index (κ3) is 3.09. The third-order valence-electron chi connectivity index (χ3n) is 3.42. The highest BCUT2D eigenvalue weighted by molar-refractivity contribution is 8.13. The largest absolute Gasteiger partial charge is 0.338 e. The molecular weight excluding hydrogens is 286 g/mol. The molecule has 1 amide bonds. The molecule has 1 saturated heterocycles. The van der Waals surface area contributed by atoms with E-state index in [4.69, 9.17) is 10.7 Å². The van der Waals surface area contributed by atoms with E-state index in [0.29, 0.717) is 17.0 Å². The molecular formula is C13H16ClNO3S. The molecule has 2 rings (SSSR count). The first-order valence-corrected chi connectivity index (χ1v) is 8.44. The lowest BCUT2D eigenvalue weighted by atomic mass is 10.1. The average molecular weight is 302 g/mol. The molecule has 104 valence electrons. The minimum Gasteiger partial charge on any atom is -0.338 e. The number of rotatable bonds is 2. The quantitative estimate of drug-likeness (QED) is 0.788. The predicted molar refractivity (Wildman–Crippen MR) is 73.9 cm³/mol. The van der Waals surface area contributed by atoms with Crippen LogP contribution in [0.1, 0.15) is 29.3 Å². The van der Waals surface area contributed by atoms with E-state index in [0.717, 1.165) is 19.5 Å². The first-order chi connectivity index (χ1) is 8.79. The molecule has 1 aromatic rings. The summed E-state index contributed by atoms with van der Waals surface area (Å²) in [4.78, 5) is 14.2. The number of aryl methyl sites for hydroxylation is 1. The van der Waals surface area contributed by atoms with E-state index in [-0.39, 0.29) is 10.8 Å². The van der Waals surface area contributed by atoms with E-state index in [1.807, 2.05) is 4.90 Å². The lowest BCUT2D eigenvalue weighted by Gasteiger charge is -2.17. The van der Waals surface area contributed by atoms with Crippen molar-refractivity contribution in [2.24, 2.45) is 5.92 Å². The van der Waals surface area contributed by atoms with Gasteiger partial charge < -0.3 is 4.90 Å². The predicted octanol–water partition coefficient (Wildman–Crippen LogP) is 2.40. The van der Waals surface area contributed by atoms with Crippen LogP contribution in [-0.4, -0.2) is 32.3 Å². The minimum atomic E-state index is -3.75. The van der Waals surface area contributed by atoms with Crippen molar-refractivity contribution in [1.82, 2.24) is 4.90 Å². The summed E-state index contributed by atoms with van der Waals surface area (Å²) in [5.74, 6) is 0.479. The maximum atomic E-state index is 12.3. The Morgan fingerprint density at radius 3 is 2.58 bits per heavy atom. The molecule has 1 aromatic carbocycles. The normalized spacial score (nSPS) is 19.7. The van der Waals surface area contributed by atoms with Crippen LogP contribution < -0.4 is 0 Å². The van der Waals surface area contributed by atoms with Gasteiger partial charge in [0.2, 0.25) is 0 Å². The highest BCUT2D eigenvalue weighted by Gasteiger charge is 2.25. The number of likely N-dealkylation sites (tertiary alicyclic amines) is 1. The van der Waals surface area contributed by atoms with Crippen molar-refractivity contribution in [3.05, 3.63) is 29.3 Å². The van der Waals surface area contributed by atoms with Crippen LogP contribution in [0.5, 0.6) is 0 Å². The zero-order valence-corrected chi connectivity index (χ0v) is 12.5. The monoisotopic (exact) mass is 301 g/mol. The molecule has 1 fully saturated rings. The summed E-state index contributed by atoms with van der Waals surface area (Å²) in [7, 11) is 1.54. The number of carbonyl (C=O) groups is 1. The molecule has 1 unspecified atom stereocenters. The number of carbonyl (C=O) groups excluding carboxylic acids is 1. The van der Waals surface area contributed by atoms with Crippen LogP contribution in [0.4, 0.5) is 0 Å². The molecule has 0 spiro atoms. The summed E-state index contributed by atoms with van der Waals surface area (Å²) in [6, 6.07) is 4.35. The van der Waals surface area contributed by atoms with Crippen molar-refractivity contribution in [1.29, 1.82) is 0 Å². The van der Waals surface area contributed by atoms with Crippen LogP contribution in [0.15, 0.2) is 23.1 Å². The fourth-order valence-corrected chi connectivity index (χ4v) is 3.15. The van der Waals surface area contributed by atoms with Crippen molar-refractivity contribution < 1.29 is 13.2 Å². The summed E-state index contributed by atoms with van der Waals surface area (Å²) in [6.45, 7) is 5.35. The van der Waals surface area contributed by atoms with Gasteiger partial charge in [0, 0.05) is 29.3 Å². The van der Waals surface area contributed by atoms with E-state index >= 15 is 0 Å². The third-order valence-corrected chi connectivity index (χ3v) is 4.77. The van der Waals surface area contributed by atoms with Crippen LogP contribution >= 0.6 is 10.7 Å². The lowest BCUT2D eigenvalue weighted by molar-refractivity contribution is 0.0787. The maximum Gasteiger partial charge on any atom is 0.261 e. The summed E-state index contributed by atoms with van der Waals surface area (Å²) < 4.78 is 22.5. The van der Waals surface area contributed by atoms with Crippen LogP contribution in [0.2, 0.25) is 0 Å². The van der Waals surface area contributed by atoms with Crippen molar-refractivity contribution in [3.63, 3.8) is 0 Å². The number of benzene rings is 1. The molecule has 1 heterocycles. The molecule has 1 aliphatic heterocycles. The summed E-state index contributed by atoms with van der Waals surface area (Å²) in [6.07, 6.45) is 1.01. The van der Waals surface area contributed by atoms with Gasteiger partial charge in [0.15, 0.2) is 0 Å². The Hall–Kier alpha value is -1.07. The molecule has 19 heavy (non-hydrogen) atoms. The van der Waals surface area contributed by atoms with Crippen LogP contribution in [0.25, 0.3) is 0 Å². The second-order valence-electron chi connectivity index (χ2n) is 5.06. The van der Waals surface area contributed by atoms with Gasteiger partial charge >= 0.3 is 0 Å². The molecule has 0 saturated carbocycles. The lowest BCUT2D eigenvalue weighted by Crippen LogP contribution is -2.29. The standard InChI is InChI=1S/C13H16ClNO3S/c1-9-5-6-15(8-9)13(16)12-4-3-11(7-10(12)2)19(14,17)18/h3-4,7,9H,5-6,8H2,1-2H3. The van der Waals surface area contributed by atoms with Crippen molar-refractivity contribution >= 4 is 25.6 Å². The van der Waals surface area contributed by atoms with Gasteiger partial charge in [-0.25, -0.2) is 8.42 Å². The van der Waals surface area contributed by atoms with E-state index in [1.54, 1.807) is 6.92 Å². The van der Waals surface area contributed by atoms with Gasteiger partial charge in [0.1, 0.15) is 0 Å². The van der Waals surface area contributed by atoms with Crippen molar-refractivity contribution in [3.8, 4) is 0 Å². The van der Waals surface area contributed by atoms with Gasteiger partial charge in [-0.05, 0) is 43.0 Å². The van der Waals surface area contributed by atoms with E-state index in [2.05, 4.69) is 6.92 Å². The molecule has 1 atom stereocenters. The molecule has 0 aromatic heterocycles. The van der Waals surface area contributed by atoms with Gasteiger partial charge in [-0.3, -0.25) is 4.79 Å². The Labute approximate surface area is 117 Å². The Morgan fingerprint density at radius 2 is 2.11 bits per heavy atom. The van der Waals surface area contributed by atoms with Gasteiger partial charge in [0.25, 0.3) is 15.0 Å². The zero-order valence-electron chi connectivity index (χ0n) is 10.9. The van der Waals surface area contributed by atoms with Crippen LogP contribution in [-0.2, 0) is 9.05 Å². The molecule has 0 bridgehead atoms. The highest BCUT2D eigenvalue weighted by Crippen LogP contribution is 2.22. The minimum absolute atomic E-state index is 0.0259. The molecule has 0 aliphatic carbocycles. The molecule has 4 nitrogen and oxygen atoms in total. The second kappa shape index (κ2) is 5.13. The Kier molecular flexibility index (Phi) is 3.87. The van der Waals surface area contributed by atoms with Crippen LogP contribution in [0, 0.1) is 12.8 Å².